The predicted octanol–water partition coefficient (Wildman–Crippen LogP) is 2.24. The first-order valence-corrected chi connectivity index (χ1v) is 7.82. The lowest BCUT2D eigenvalue weighted by Gasteiger charge is -2.26. The minimum Gasteiger partial charge on any atom is -0.396 e. The van der Waals surface area contributed by atoms with E-state index in [1.165, 1.54) is 19.3 Å². The van der Waals surface area contributed by atoms with E-state index in [4.69, 9.17) is 0 Å². The zero-order chi connectivity index (χ0) is 14.8. The first-order valence-electron chi connectivity index (χ1n) is 7.03. The van der Waals surface area contributed by atoms with E-state index < -0.39 is 0 Å². The van der Waals surface area contributed by atoms with Crippen LogP contribution in [0.5, 0.6) is 0 Å². The number of nitrogens with one attached hydrogen (secondary N) is 1. The standard InChI is InChI=1S/C14H22BrN3O2/c1-14(2,9-19)8-16-12-11(15)6-17-18(13(12)20)7-10-4-3-5-10/h6,10,16,19H,3-5,7-9H2,1-2H3. The Hall–Kier alpha value is -0.880. The number of nitrogens with zero attached hydrogens (tertiary/aromatic N) is 2. The van der Waals surface area contributed by atoms with E-state index in [0.29, 0.717) is 29.2 Å². The molecule has 1 heterocycles. The number of hydrogen-bond donors (Lipinski definition) is 2. The molecule has 0 radical (unpaired) electrons. The van der Waals surface area contributed by atoms with Crippen LogP contribution in [0.25, 0.3) is 0 Å². The Kier molecular flexibility index (Phi) is 4.86. The molecule has 0 saturated heterocycles. The van der Waals surface area contributed by atoms with Crippen LogP contribution in [0.15, 0.2) is 15.5 Å². The Bertz CT molecular complexity index is 524. The summed E-state index contributed by atoms with van der Waals surface area (Å²) in [6.45, 7) is 5.19. The summed E-state index contributed by atoms with van der Waals surface area (Å²) in [7, 11) is 0. The van der Waals surface area contributed by atoms with Gasteiger partial charge in [0.2, 0.25) is 0 Å². The average molecular weight is 344 g/mol. The summed E-state index contributed by atoms with van der Waals surface area (Å²) in [5.41, 5.74) is 0.161. The molecule has 0 unspecified atom stereocenters. The van der Waals surface area contributed by atoms with Gasteiger partial charge in [0.25, 0.3) is 5.56 Å². The third-order valence-electron chi connectivity index (χ3n) is 3.83. The van der Waals surface area contributed by atoms with Gasteiger partial charge in [-0.05, 0) is 34.7 Å². The average Bonchev–Trinajstić information content (AvgIpc) is 2.35. The summed E-state index contributed by atoms with van der Waals surface area (Å²) < 4.78 is 2.21. The Balaban J connectivity index is 2.14. The summed E-state index contributed by atoms with van der Waals surface area (Å²) in [5.74, 6) is 0.586. The third kappa shape index (κ3) is 3.61. The van der Waals surface area contributed by atoms with Crippen LogP contribution in [-0.2, 0) is 6.54 Å². The molecule has 1 aromatic heterocycles. The minimum absolute atomic E-state index is 0.0684. The molecule has 1 aliphatic carbocycles. The molecule has 0 amide bonds. The fourth-order valence-electron chi connectivity index (χ4n) is 2.06. The van der Waals surface area contributed by atoms with Crippen molar-refractivity contribution in [2.75, 3.05) is 18.5 Å². The van der Waals surface area contributed by atoms with Gasteiger partial charge in [-0.25, -0.2) is 4.68 Å². The van der Waals surface area contributed by atoms with Crippen molar-refractivity contribution in [1.82, 2.24) is 9.78 Å². The Morgan fingerprint density at radius 2 is 2.25 bits per heavy atom. The second-order valence-corrected chi connectivity index (χ2v) is 7.18. The highest BCUT2D eigenvalue weighted by Crippen LogP contribution is 2.27. The molecule has 112 valence electrons. The molecule has 1 fully saturated rings. The summed E-state index contributed by atoms with van der Waals surface area (Å²) in [6, 6.07) is 0. The number of aromatic nitrogens is 2. The zero-order valence-electron chi connectivity index (χ0n) is 12.0. The molecule has 0 aromatic carbocycles. The Morgan fingerprint density at radius 3 is 2.80 bits per heavy atom. The van der Waals surface area contributed by atoms with Gasteiger partial charge in [0.05, 0.1) is 10.7 Å². The van der Waals surface area contributed by atoms with Gasteiger partial charge in [-0.2, -0.15) is 5.10 Å². The molecular weight excluding hydrogens is 322 g/mol. The van der Waals surface area contributed by atoms with Crippen LogP contribution in [0.3, 0.4) is 0 Å². The maximum Gasteiger partial charge on any atom is 0.291 e. The van der Waals surface area contributed by atoms with Crippen molar-refractivity contribution in [2.24, 2.45) is 11.3 Å². The molecule has 1 aliphatic rings. The number of halogens is 1. The van der Waals surface area contributed by atoms with Gasteiger partial charge < -0.3 is 10.4 Å². The van der Waals surface area contributed by atoms with Gasteiger partial charge in [-0.15, -0.1) is 0 Å². The SMILES string of the molecule is CC(C)(CO)CNc1c(Br)cnn(CC2CCC2)c1=O. The number of hydrogen-bond acceptors (Lipinski definition) is 4. The van der Waals surface area contributed by atoms with Gasteiger partial charge in [-0.1, -0.05) is 20.3 Å². The molecule has 2 N–H and O–H groups in total. The molecule has 0 atom stereocenters. The molecule has 1 saturated carbocycles. The Morgan fingerprint density at radius 1 is 1.55 bits per heavy atom. The van der Waals surface area contributed by atoms with Gasteiger partial charge in [-0.3, -0.25) is 4.79 Å². The van der Waals surface area contributed by atoms with Crippen molar-refractivity contribution in [3.63, 3.8) is 0 Å². The third-order valence-corrected chi connectivity index (χ3v) is 4.43. The first-order chi connectivity index (χ1) is 9.43. The van der Waals surface area contributed by atoms with Gasteiger partial charge >= 0.3 is 0 Å². The molecule has 6 heteroatoms. The number of anilines is 1. The first kappa shape index (κ1) is 15.5. The quantitative estimate of drug-likeness (QED) is 0.831. The summed E-state index contributed by atoms with van der Waals surface area (Å²) in [5, 5.41) is 16.6. The van der Waals surface area contributed by atoms with Gasteiger partial charge in [0.15, 0.2) is 0 Å². The lowest BCUT2D eigenvalue weighted by Crippen LogP contribution is -2.33. The highest BCUT2D eigenvalue weighted by atomic mass is 79.9. The molecular formula is C14H22BrN3O2. The molecule has 2 rings (SSSR count). The Labute approximate surface area is 127 Å². The van der Waals surface area contributed by atoms with Gasteiger partial charge in [0.1, 0.15) is 5.69 Å². The summed E-state index contributed by atoms with van der Waals surface area (Å²) in [6.07, 6.45) is 5.29. The van der Waals surface area contributed by atoms with Crippen LogP contribution < -0.4 is 10.9 Å². The largest absolute Gasteiger partial charge is 0.396 e. The van der Waals surface area contributed by atoms with Crippen LogP contribution in [0.1, 0.15) is 33.1 Å². The van der Waals surface area contributed by atoms with E-state index in [9.17, 15) is 9.90 Å². The lowest BCUT2D eigenvalue weighted by atomic mass is 9.85. The lowest BCUT2D eigenvalue weighted by molar-refractivity contribution is 0.170. The van der Waals surface area contributed by atoms with Crippen LogP contribution in [0, 0.1) is 11.3 Å². The molecule has 0 aliphatic heterocycles. The van der Waals surface area contributed by atoms with Crippen molar-refractivity contribution in [1.29, 1.82) is 0 Å². The van der Waals surface area contributed by atoms with Crippen molar-refractivity contribution in [3.05, 3.63) is 21.0 Å². The maximum atomic E-state index is 12.4. The summed E-state index contributed by atoms with van der Waals surface area (Å²) >= 11 is 3.37. The van der Waals surface area contributed by atoms with Crippen LogP contribution in [0.4, 0.5) is 5.69 Å². The van der Waals surface area contributed by atoms with E-state index >= 15 is 0 Å². The van der Waals surface area contributed by atoms with Crippen LogP contribution >= 0.6 is 15.9 Å². The van der Waals surface area contributed by atoms with E-state index in [0.717, 1.165) is 0 Å². The predicted molar refractivity (Wildman–Crippen MR) is 82.9 cm³/mol. The second-order valence-electron chi connectivity index (χ2n) is 6.33. The molecule has 1 aromatic rings. The molecule has 5 nitrogen and oxygen atoms in total. The fourth-order valence-corrected chi connectivity index (χ4v) is 2.46. The smallest absolute Gasteiger partial charge is 0.291 e. The molecule has 0 spiro atoms. The second kappa shape index (κ2) is 6.26. The van der Waals surface area contributed by atoms with Crippen molar-refractivity contribution in [3.8, 4) is 0 Å². The molecule has 20 heavy (non-hydrogen) atoms. The number of rotatable bonds is 6. The van der Waals surface area contributed by atoms with E-state index in [2.05, 4.69) is 26.3 Å². The van der Waals surface area contributed by atoms with Gasteiger partial charge in [0, 0.05) is 25.1 Å². The van der Waals surface area contributed by atoms with Crippen LogP contribution in [-0.4, -0.2) is 28.0 Å². The number of aliphatic hydroxyl groups excluding tert-OH is 1. The maximum absolute atomic E-state index is 12.4. The van der Waals surface area contributed by atoms with E-state index in [1.54, 1.807) is 10.9 Å². The highest BCUT2D eigenvalue weighted by molar-refractivity contribution is 9.10. The summed E-state index contributed by atoms with van der Waals surface area (Å²) in [4.78, 5) is 12.4. The topological polar surface area (TPSA) is 67.2 Å². The zero-order valence-corrected chi connectivity index (χ0v) is 13.6. The van der Waals surface area contributed by atoms with Crippen molar-refractivity contribution >= 4 is 21.6 Å². The highest BCUT2D eigenvalue weighted by Gasteiger charge is 2.21. The fraction of sp³-hybridized carbons (Fsp3) is 0.714. The van der Waals surface area contributed by atoms with Crippen molar-refractivity contribution in [2.45, 2.75) is 39.7 Å². The monoisotopic (exact) mass is 343 g/mol. The van der Waals surface area contributed by atoms with E-state index in [-0.39, 0.29) is 17.6 Å². The number of aliphatic hydroxyl groups is 1. The van der Waals surface area contributed by atoms with E-state index in [1.807, 2.05) is 13.8 Å². The molecule has 0 bridgehead atoms. The van der Waals surface area contributed by atoms with Crippen molar-refractivity contribution < 1.29 is 5.11 Å². The minimum atomic E-state index is -0.270. The normalized spacial score (nSPS) is 16.0. The van der Waals surface area contributed by atoms with Crippen LogP contribution in [0.2, 0.25) is 0 Å².